The highest BCUT2D eigenvalue weighted by Gasteiger charge is 2.31. The number of halogens is 1. The van der Waals surface area contributed by atoms with Crippen molar-refractivity contribution >= 4 is 28.5 Å². The largest absolute Gasteiger partial charge is 0.465 e. The molecule has 2 aromatic carbocycles. The summed E-state index contributed by atoms with van der Waals surface area (Å²) in [6, 6.07) is 12.7. The number of esters is 1. The van der Waals surface area contributed by atoms with E-state index in [2.05, 4.69) is 25.4 Å². The Kier molecular flexibility index (Phi) is 7.80. The fourth-order valence-electron chi connectivity index (χ4n) is 4.82. The van der Waals surface area contributed by atoms with Crippen LogP contribution in [0.15, 0.2) is 47.3 Å². The number of hydrogen-bond donors (Lipinski definition) is 1. The van der Waals surface area contributed by atoms with Crippen LogP contribution in [0.25, 0.3) is 10.9 Å². The number of tetrazole rings is 1. The van der Waals surface area contributed by atoms with E-state index < -0.39 is 5.97 Å². The van der Waals surface area contributed by atoms with Gasteiger partial charge in [0.15, 0.2) is 17.3 Å². The number of ether oxygens (including phenoxy) is 3. The van der Waals surface area contributed by atoms with Gasteiger partial charge < -0.3 is 19.2 Å². The molecule has 1 aliphatic rings. The van der Waals surface area contributed by atoms with Gasteiger partial charge in [0.2, 0.25) is 6.79 Å². The van der Waals surface area contributed by atoms with Gasteiger partial charge in [-0.1, -0.05) is 43.6 Å². The minimum absolute atomic E-state index is 0.00721. The van der Waals surface area contributed by atoms with Crippen molar-refractivity contribution in [3.8, 4) is 11.5 Å². The molecule has 1 atom stereocenters. The van der Waals surface area contributed by atoms with Crippen LogP contribution in [0.1, 0.15) is 43.8 Å². The lowest BCUT2D eigenvalue weighted by Gasteiger charge is -2.33. The van der Waals surface area contributed by atoms with E-state index in [4.69, 9.17) is 25.8 Å². The minimum atomic E-state index is -0.434. The first-order chi connectivity index (χ1) is 18.8. The molecular weight excluding hydrogens is 524 g/mol. The number of H-pyrrole nitrogens is 1. The molecule has 5 rings (SSSR count). The SMILES string of the molecule is CCOC(=O)Cn1nnnc1[C@@H](C(C)C)N(Cc1ccccc1Cl)Cc1cc2cc3c(cc2[nH]c1=O)OCO3. The molecule has 0 radical (unpaired) electrons. The Balaban J connectivity index is 1.55. The van der Waals surface area contributed by atoms with E-state index in [0.717, 1.165) is 10.9 Å². The Hall–Kier alpha value is -3.96. The molecular formula is C27H29ClN6O5. The Bertz CT molecular complexity index is 1550. The number of fused-ring (bicyclic) bond motifs is 2. The van der Waals surface area contributed by atoms with Crippen LogP contribution in [-0.2, 0) is 29.2 Å². The molecule has 1 aliphatic heterocycles. The highest BCUT2D eigenvalue weighted by atomic mass is 35.5. The summed E-state index contributed by atoms with van der Waals surface area (Å²) in [4.78, 5) is 30.6. The van der Waals surface area contributed by atoms with Crippen LogP contribution in [0.2, 0.25) is 5.02 Å². The maximum absolute atomic E-state index is 13.3. The molecule has 0 saturated carbocycles. The zero-order valence-corrected chi connectivity index (χ0v) is 22.6. The zero-order chi connectivity index (χ0) is 27.5. The average Bonchev–Trinajstić information content (AvgIpc) is 3.53. The fraction of sp³-hybridized carbons (Fsp3) is 0.370. The van der Waals surface area contributed by atoms with E-state index in [0.29, 0.717) is 40.0 Å². The van der Waals surface area contributed by atoms with Crippen molar-refractivity contribution in [2.75, 3.05) is 13.4 Å². The minimum Gasteiger partial charge on any atom is -0.465 e. The van der Waals surface area contributed by atoms with Gasteiger partial charge in [0, 0.05) is 35.1 Å². The van der Waals surface area contributed by atoms with Crippen LogP contribution in [0.5, 0.6) is 11.5 Å². The van der Waals surface area contributed by atoms with Crippen LogP contribution < -0.4 is 15.0 Å². The highest BCUT2D eigenvalue weighted by molar-refractivity contribution is 6.31. The van der Waals surface area contributed by atoms with Crippen LogP contribution in [0.3, 0.4) is 0 Å². The second-order valence-electron chi connectivity index (χ2n) is 9.60. The molecule has 0 aliphatic carbocycles. The molecule has 11 nitrogen and oxygen atoms in total. The summed E-state index contributed by atoms with van der Waals surface area (Å²) in [7, 11) is 0. The van der Waals surface area contributed by atoms with Gasteiger partial charge in [-0.15, -0.1) is 5.10 Å². The quantitative estimate of drug-likeness (QED) is 0.292. The van der Waals surface area contributed by atoms with E-state index in [1.165, 1.54) is 4.68 Å². The Morgan fingerprint density at radius 1 is 1.15 bits per heavy atom. The maximum atomic E-state index is 13.3. The van der Waals surface area contributed by atoms with Crippen LogP contribution in [-0.4, -0.2) is 49.5 Å². The second-order valence-corrected chi connectivity index (χ2v) is 10.0. The van der Waals surface area contributed by atoms with Crippen molar-refractivity contribution in [3.05, 3.63) is 74.8 Å². The fourth-order valence-corrected chi connectivity index (χ4v) is 5.02. The normalized spacial score (nSPS) is 13.4. The monoisotopic (exact) mass is 552 g/mol. The van der Waals surface area contributed by atoms with Gasteiger partial charge in [-0.25, -0.2) is 4.68 Å². The van der Waals surface area contributed by atoms with E-state index in [-0.39, 0.29) is 44.0 Å². The van der Waals surface area contributed by atoms with Crippen molar-refractivity contribution in [2.45, 2.75) is 46.4 Å². The van der Waals surface area contributed by atoms with Crippen molar-refractivity contribution in [3.63, 3.8) is 0 Å². The molecule has 0 unspecified atom stereocenters. The number of aromatic amines is 1. The number of nitrogens with one attached hydrogen (secondary N) is 1. The van der Waals surface area contributed by atoms with Crippen molar-refractivity contribution in [1.82, 2.24) is 30.1 Å². The highest BCUT2D eigenvalue weighted by Crippen LogP contribution is 2.36. The molecule has 204 valence electrons. The number of carbonyl (C=O) groups is 1. The van der Waals surface area contributed by atoms with Gasteiger partial charge in [-0.3, -0.25) is 14.5 Å². The molecule has 0 amide bonds. The molecule has 12 heteroatoms. The molecule has 2 aromatic heterocycles. The van der Waals surface area contributed by atoms with E-state index in [1.807, 2.05) is 50.2 Å². The lowest BCUT2D eigenvalue weighted by Crippen LogP contribution is -2.35. The van der Waals surface area contributed by atoms with E-state index in [9.17, 15) is 9.59 Å². The van der Waals surface area contributed by atoms with Crippen LogP contribution in [0, 0.1) is 5.92 Å². The third-order valence-electron chi connectivity index (χ3n) is 6.55. The van der Waals surface area contributed by atoms with E-state index in [1.54, 1.807) is 13.0 Å². The summed E-state index contributed by atoms with van der Waals surface area (Å²) in [5, 5.41) is 13.6. The van der Waals surface area contributed by atoms with Crippen molar-refractivity contribution in [2.24, 2.45) is 5.92 Å². The molecule has 0 bridgehead atoms. The molecule has 0 fully saturated rings. The summed E-state index contributed by atoms with van der Waals surface area (Å²) in [5.74, 6) is 1.29. The van der Waals surface area contributed by atoms with Gasteiger partial charge in [0.25, 0.3) is 5.56 Å². The standard InChI is InChI=1S/C27H29ClN6O5/c1-4-37-24(35)14-34-26(30-31-32-34)25(16(2)3)33(12-17-7-5-6-8-20(17)28)13-19-9-18-10-22-23(39-15-38-22)11-21(18)29-27(19)36/h5-11,16,25H,4,12-15H2,1-3H3,(H,29,36)/t25-/m1/s1. The predicted octanol–water partition coefficient (Wildman–Crippen LogP) is 3.86. The third-order valence-corrected chi connectivity index (χ3v) is 6.92. The zero-order valence-electron chi connectivity index (χ0n) is 21.9. The lowest BCUT2D eigenvalue weighted by atomic mass is 9.99. The molecule has 0 spiro atoms. The van der Waals surface area contributed by atoms with Crippen molar-refractivity contribution < 1.29 is 19.0 Å². The average molecular weight is 553 g/mol. The van der Waals surface area contributed by atoms with Gasteiger partial charge in [0.1, 0.15) is 6.54 Å². The van der Waals surface area contributed by atoms with Gasteiger partial charge in [-0.05, 0) is 47.0 Å². The first kappa shape index (κ1) is 26.6. The summed E-state index contributed by atoms with van der Waals surface area (Å²) in [6.07, 6.45) is 0. The summed E-state index contributed by atoms with van der Waals surface area (Å²) in [5.41, 5.74) is 1.86. The van der Waals surface area contributed by atoms with Gasteiger partial charge in [-0.2, -0.15) is 0 Å². The smallest absolute Gasteiger partial charge is 0.327 e. The number of nitrogens with zero attached hydrogens (tertiary/aromatic N) is 5. The number of hydrogen-bond acceptors (Lipinski definition) is 9. The predicted molar refractivity (Wildman–Crippen MR) is 143 cm³/mol. The Morgan fingerprint density at radius 3 is 2.64 bits per heavy atom. The molecule has 4 aromatic rings. The Morgan fingerprint density at radius 2 is 1.90 bits per heavy atom. The topological polar surface area (TPSA) is 124 Å². The number of aromatic nitrogens is 5. The third kappa shape index (κ3) is 5.74. The number of carbonyl (C=O) groups excluding carboxylic acids is 1. The number of benzene rings is 2. The summed E-state index contributed by atoms with van der Waals surface area (Å²) >= 11 is 6.55. The maximum Gasteiger partial charge on any atom is 0.327 e. The first-order valence-corrected chi connectivity index (χ1v) is 13.1. The van der Waals surface area contributed by atoms with Crippen molar-refractivity contribution in [1.29, 1.82) is 0 Å². The molecule has 1 N–H and O–H groups in total. The van der Waals surface area contributed by atoms with Gasteiger partial charge >= 0.3 is 5.97 Å². The van der Waals surface area contributed by atoms with E-state index >= 15 is 0 Å². The second kappa shape index (κ2) is 11.4. The number of rotatable bonds is 10. The first-order valence-electron chi connectivity index (χ1n) is 12.7. The van der Waals surface area contributed by atoms with Crippen LogP contribution >= 0.6 is 11.6 Å². The van der Waals surface area contributed by atoms with Gasteiger partial charge in [0.05, 0.1) is 18.2 Å². The summed E-state index contributed by atoms with van der Waals surface area (Å²) in [6.45, 7) is 6.78. The molecule has 39 heavy (non-hydrogen) atoms. The summed E-state index contributed by atoms with van der Waals surface area (Å²) < 4.78 is 17.5. The van der Waals surface area contributed by atoms with Crippen LogP contribution in [0.4, 0.5) is 0 Å². The lowest BCUT2D eigenvalue weighted by molar-refractivity contribution is -0.144. The molecule has 3 heterocycles. The molecule has 0 saturated heterocycles. The Labute approximate surface area is 229 Å². The number of pyridine rings is 1.